The van der Waals surface area contributed by atoms with E-state index in [9.17, 15) is 9.59 Å². The molecule has 0 saturated carbocycles. The number of rotatable bonds is 3. The van der Waals surface area contributed by atoms with Gasteiger partial charge in [0.1, 0.15) is 5.82 Å². The van der Waals surface area contributed by atoms with Crippen molar-refractivity contribution in [3.05, 3.63) is 65.0 Å². The van der Waals surface area contributed by atoms with E-state index >= 15 is 0 Å². The second-order valence-corrected chi connectivity index (χ2v) is 6.54. The van der Waals surface area contributed by atoms with Gasteiger partial charge in [0, 0.05) is 13.0 Å². The summed E-state index contributed by atoms with van der Waals surface area (Å²) in [5.74, 6) is 0.615. The van der Waals surface area contributed by atoms with Crippen LogP contribution in [0.25, 0.3) is 11.0 Å². The van der Waals surface area contributed by atoms with E-state index in [1.54, 1.807) is 6.07 Å². The van der Waals surface area contributed by atoms with Gasteiger partial charge in [-0.05, 0) is 35.4 Å². The molecule has 0 unspecified atom stereocenters. The van der Waals surface area contributed by atoms with Gasteiger partial charge in [0.05, 0.1) is 36.8 Å². The third-order valence-electron chi connectivity index (χ3n) is 4.62. The van der Waals surface area contributed by atoms with E-state index in [-0.39, 0.29) is 11.8 Å². The lowest BCUT2D eigenvalue weighted by Gasteiger charge is -2.18. The Bertz CT molecular complexity index is 960. The van der Waals surface area contributed by atoms with Crippen molar-refractivity contribution in [1.29, 1.82) is 0 Å². The molecule has 0 bridgehead atoms. The number of esters is 1. The number of nitrogens with one attached hydrogen (secondary N) is 1. The molecule has 4 rings (SSSR count). The number of aromatic amines is 1. The number of ether oxygens (including phenoxy) is 1. The summed E-state index contributed by atoms with van der Waals surface area (Å²) in [5.41, 5.74) is 4.35. The molecule has 2 heterocycles. The number of imidazole rings is 1. The average Bonchev–Trinajstić information content (AvgIpc) is 2.96. The predicted octanol–water partition coefficient (Wildman–Crippen LogP) is 2.48. The van der Waals surface area contributed by atoms with Gasteiger partial charge < -0.3 is 9.72 Å². The van der Waals surface area contributed by atoms with E-state index in [2.05, 4.69) is 9.97 Å². The van der Waals surface area contributed by atoms with Crippen molar-refractivity contribution in [2.24, 2.45) is 0 Å². The van der Waals surface area contributed by atoms with Crippen LogP contribution >= 0.6 is 0 Å². The van der Waals surface area contributed by atoms with Gasteiger partial charge in [-0.2, -0.15) is 0 Å². The van der Waals surface area contributed by atoms with Crippen LogP contribution in [0.15, 0.2) is 42.5 Å². The summed E-state index contributed by atoms with van der Waals surface area (Å²) >= 11 is 0. The molecular weight excluding hydrogens is 330 g/mol. The maximum absolute atomic E-state index is 12.3. The molecule has 0 radical (unpaired) electrons. The maximum atomic E-state index is 12.3. The lowest BCUT2D eigenvalue weighted by molar-refractivity contribution is -0.119. The summed E-state index contributed by atoms with van der Waals surface area (Å²) in [5, 5.41) is 0. The van der Waals surface area contributed by atoms with Crippen molar-refractivity contribution in [2.75, 3.05) is 13.7 Å². The molecule has 0 spiro atoms. The van der Waals surface area contributed by atoms with Crippen LogP contribution in [-0.4, -0.2) is 40.3 Å². The first-order valence-electron chi connectivity index (χ1n) is 8.50. The van der Waals surface area contributed by atoms with Gasteiger partial charge in [-0.15, -0.1) is 0 Å². The Morgan fingerprint density at radius 3 is 2.85 bits per heavy atom. The van der Waals surface area contributed by atoms with Crippen LogP contribution in [0.2, 0.25) is 0 Å². The third-order valence-corrected chi connectivity index (χ3v) is 4.62. The van der Waals surface area contributed by atoms with Crippen LogP contribution in [-0.2, 0) is 29.0 Å². The number of ketones is 1. The number of methoxy groups -OCH3 is 1. The summed E-state index contributed by atoms with van der Waals surface area (Å²) in [6.45, 7) is 1.49. The van der Waals surface area contributed by atoms with Gasteiger partial charge in [0.2, 0.25) is 0 Å². The molecule has 2 aromatic carbocycles. The predicted molar refractivity (Wildman–Crippen MR) is 96.7 cm³/mol. The summed E-state index contributed by atoms with van der Waals surface area (Å²) in [7, 11) is 1.37. The fraction of sp³-hybridized carbons (Fsp3) is 0.250. The molecule has 6 heteroatoms. The number of hydrogen-bond donors (Lipinski definition) is 1. The van der Waals surface area contributed by atoms with Crippen molar-refractivity contribution in [1.82, 2.24) is 14.9 Å². The largest absolute Gasteiger partial charge is 0.465 e. The van der Waals surface area contributed by atoms with Crippen molar-refractivity contribution in [2.45, 2.75) is 19.5 Å². The number of fused-ring (bicyclic) bond motifs is 2. The zero-order chi connectivity index (χ0) is 18.1. The molecule has 6 nitrogen and oxygen atoms in total. The van der Waals surface area contributed by atoms with Crippen LogP contribution in [0, 0.1) is 0 Å². The van der Waals surface area contributed by atoms with Crippen molar-refractivity contribution in [3.8, 4) is 0 Å². The summed E-state index contributed by atoms with van der Waals surface area (Å²) in [4.78, 5) is 34.1. The molecule has 0 aliphatic carbocycles. The summed E-state index contributed by atoms with van der Waals surface area (Å²) in [6, 6.07) is 13.2. The second kappa shape index (κ2) is 6.72. The van der Waals surface area contributed by atoms with Crippen LogP contribution in [0.4, 0.5) is 0 Å². The summed E-state index contributed by atoms with van der Waals surface area (Å²) < 4.78 is 4.80. The van der Waals surface area contributed by atoms with E-state index in [0.717, 1.165) is 28.0 Å². The Morgan fingerprint density at radius 1 is 1.19 bits per heavy atom. The van der Waals surface area contributed by atoms with Crippen LogP contribution < -0.4 is 0 Å². The first-order chi connectivity index (χ1) is 12.6. The third kappa shape index (κ3) is 3.23. The van der Waals surface area contributed by atoms with E-state index < -0.39 is 0 Å². The second-order valence-electron chi connectivity index (χ2n) is 6.54. The highest BCUT2D eigenvalue weighted by atomic mass is 16.5. The molecule has 1 aromatic heterocycles. The molecule has 0 saturated heterocycles. The monoisotopic (exact) mass is 349 g/mol. The topological polar surface area (TPSA) is 75.3 Å². The van der Waals surface area contributed by atoms with E-state index in [4.69, 9.17) is 4.74 Å². The van der Waals surface area contributed by atoms with Gasteiger partial charge in [-0.25, -0.2) is 9.78 Å². The van der Waals surface area contributed by atoms with E-state index in [0.29, 0.717) is 31.6 Å². The number of Topliss-reactive ketones (excluding diaryl/α,β-unsaturated/α-hetero) is 1. The minimum Gasteiger partial charge on any atom is -0.465 e. The fourth-order valence-electron chi connectivity index (χ4n) is 3.41. The SMILES string of the molecule is COC(=O)c1ccc2c(c1)CN(Cc1nc3ccccc3[nH]1)CC(=O)C2. The van der Waals surface area contributed by atoms with Crippen LogP contribution in [0.3, 0.4) is 0 Å². The quantitative estimate of drug-likeness (QED) is 0.735. The minimum atomic E-state index is -0.368. The van der Waals surface area contributed by atoms with Crippen molar-refractivity contribution >= 4 is 22.8 Å². The van der Waals surface area contributed by atoms with Crippen LogP contribution in [0.1, 0.15) is 27.3 Å². The zero-order valence-electron chi connectivity index (χ0n) is 14.5. The molecule has 26 heavy (non-hydrogen) atoms. The molecule has 0 amide bonds. The maximum Gasteiger partial charge on any atom is 0.337 e. The van der Waals surface area contributed by atoms with E-state index in [1.165, 1.54) is 7.11 Å². The number of para-hydroxylation sites is 2. The Labute approximate surface area is 150 Å². The number of aromatic nitrogens is 2. The number of carbonyl (C=O) groups is 2. The molecule has 1 aliphatic rings. The Hall–Kier alpha value is -2.99. The van der Waals surface area contributed by atoms with Crippen LogP contribution in [0.5, 0.6) is 0 Å². The average molecular weight is 349 g/mol. The molecule has 0 fully saturated rings. The Kier molecular flexibility index (Phi) is 4.26. The van der Waals surface area contributed by atoms with Crippen molar-refractivity contribution < 1.29 is 14.3 Å². The van der Waals surface area contributed by atoms with Gasteiger partial charge >= 0.3 is 5.97 Å². The van der Waals surface area contributed by atoms with Gasteiger partial charge in [0.15, 0.2) is 5.78 Å². The number of carbonyl (C=O) groups excluding carboxylic acids is 2. The van der Waals surface area contributed by atoms with E-state index in [1.807, 2.05) is 41.3 Å². The fourth-order valence-corrected chi connectivity index (χ4v) is 3.41. The minimum absolute atomic E-state index is 0.158. The molecule has 0 atom stereocenters. The highest BCUT2D eigenvalue weighted by Gasteiger charge is 2.22. The number of nitrogens with zero attached hydrogens (tertiary/aromatic N) is 2. The first kappa shape index (κ1) is 16.5. The molecular formula is C20H19N3O3. The Morgan fingerprint density at radius 2 is 2.04 bits per heavy atom. The molecule has 1 aliphatic heterocycles. The van der Waals surface area contributed by atoms with Crippen molar-refractivity contribution in [3.63, 3.8) is 0 Å². The number of hydrogen-bond acceptors (Lipinski definition) is 5. The lowest BCUT2D eigenvalue weighted by atomic mass is 10.0. The normalized spacial score (nSPS) is 14.9. The zero-order valence-corrected chi connectivity index (χ0v) is 14.5. The summed E-state index contributed by atoms with van der Waals surface area (Å²) in [6.07, 6.45) is 0.382. The van der Waals surface area contributed by atoms with Gasteiger partial charge in [-0.1, -0.05) is 18.2 Å². The molecule has 3 aromatic rings. The molecule has 1 N–H and O–H groups in total. The van der Waals surface area contributed by atoms with Gasteiger partial charge in [0.25, 0.3) is 0 Å². The standard InChI is InChI=1S/C20H19N3O3/c1-26-20(25)14-7-6-13-9-16(24)11-23(10-15(13)8-14)12-19-21-17-4-2-3-5-18(17)22-19/h2-8H,9-12H2,1H3,(H,21,22). The Balaban J connectivity index is 1.61. The first-order valence-corrected chi connectivity index (χ1v) is 8.50. The highest BCUT2D eigenvalue weighted by Crippen LogP contribution is 2.21. The highest BCUT2D eigenvalue weighted by molar-refractivity contribution is 5.90. The smallest absolute Gasteiger partial charge is 0.337 e. The number of H-pyrrole nitrogens is 1. The molecule has 132 valence electrons. The van der Waals surface area contributed by atoms with Gasteiger partial charge in [-0.3, -0.25) is 9.69 Å². The lowest BCUT2D eigenvalue weighted by Crippen LogP contribution is -2.27. The number of benzene rings is 2.